The molecule has 0 spiro atoms. The van der Waals surface area contributed by atoms with Crippen molar-refractivity contribution in [1.82, 2.24) is 4.90 Å². The van der Waals surface area contributed by atoms with Crippen molar-refractivity contribution in [2.75, 3.05) is 13.1 Å². The van der Waals surface area contributed by atoms with Crippen LogP contribution in [0.3, 0.4) is 0 Å². The number of rotatable bonds is 4. The molecule has 1 N–H and O–H groups in total. The minimum absolute atomic E-state index is 0.242. The van der Waals surface area contributed by atoms with Crippen molar-refractivity contribution in [1.29, 1.82) is 0 Å². The molecule has 4 heteroatoms. The molecule has 1 aliphatic heterocycles. The number of amides is 1. The number of hydrogen-bond acceptors (Lipinski definition) is 2. The van der Waals surface area contributed by atoms with Crippen LogP contribution in [0.5, 0.6) is 0 Å². The smallest absolute Gasteiger partial charge is 0.303 e. The maximum absolute atomic E-state index is 12.8. The second-order valence-corrected chi connectivity index (χ2v) is 7.74. The lowest BCUT2D eigenvalue weighted by molar-refractivity contribution is -0.137. The molecule has 3 saturated carbocycles. The van der Waals surface area contributed by atoms with Gasteiger partial charge in [-0.25, -0.2) is 0 Å². The van der Waals surface area contributed by atoms with Crippen LogP contribution in [0.2, 0.25) is 0 Å². The highest BCUT2D eigenvalue weighted by atomic mass is 16.4. The predicted octanol–water partition coefficient (Wildman–Crippen LogP) is 2.38. The van der Waals surface area contributed by atoms with Crippen LogP contribution < -0.4 is 0 Å². The molecule has 1 heterocycles. The fourth-order valence-corrected chi connectivity index (χ4v) is 5.69. The summed E-state index contributed by atoms with van der Waals surface area (Å²) in [5, 5.41) is 8.81. The van der Waals surface area contributed by atoms with E-state index in [-0.39, 0.29) is 6.42 Å². The number of piperidine rings is 1. The molecule has 4 fully saturated rings. The van der Waals surface area contributed by atoms with Gasteiger partial charge in [0.25, 0.3) is 0 Å². The summed E-state index contributed by atoms with van der Waals surface area (Å²) in [6.45, 7) is 1.70. The van der Waals surface area contributed by atoms with Gasteiger partial charge in [0.15, 0.2) is 0 Å². The van der Waals surface area contributed by atoms with Crippen LogP contribution in [0, 0.1) is 35.5 Å². The number of likely N-dealkylation sites (tertiary alicyclic amines) is 1. The molecule has 1 unspecified atom stereocenters. The summed E-state index contributed by atoms with van der Waals surface area (Å²) in [6.07, 6.45) is 7.20. The standard InChI is InChI=1S/C17H25NO3/c19-13(20)6-3-10-2-1-7-18(9-10)17(21)16-14-11-4-5-12(8-11)15(14)16/h10-12,14-16H,1-9H2,(H,19,20)/t10-,11+,12+,14-,15+,16?/m1/s1. The largest absolute Gasteiger partial charge is 0.481 e. The number of carboxylic acids is 1. The quantitative estimate of drug-likeness (QED) is 0.865. The molecule has 4 nitrogen and oxygen atoms in total. The number of carboxylic acid groups (broad SMARTS) is 1. The summed E-state index contributed by atoms with van der Waals surface area (Å²) < 4.78 is 0. The summed E-state index contributed by atoms with van der Waals surface area (Å²) in [6, 6.07) is 0. The van der Waals surface area contributed by atoms with E-state index >= 15 is 0 Å². The topological polar surface area (TPSA) is 57.6 Å². The lowest BCUT2D eigenvalue weighted by Crippen LogP contribution is -2.41. The van der Waals surface area contributed by atoms with Gasteiger partial charge in [-0.2, -0.15) is 0 Å². The average molecular weight is 291 g/mol. The second-order valence-electron chi connectivity index (χ2n) is 7.74. The first-order chi connectivity index (χ1) is 10.1. The molecular formula is C17H25NO3. The first-order valence-electron chi connectivity index (χ1n) is 8.65. The van der Waals surface area contributed by atoms with Crippen LogP contribution in [0.4, 0.5) is 0 Å². The molecule has 0 aromatic heterocycles. The highest BCUT2D eigenvalue weighted by Crippen LogP contribution is 2.69. The van der Waals surface area contributed by atoms with Gasteiger partial charge in [-0.3, -0.25) is 9.59 Å². The first-order valence-corrected chi connectivity index (χ1v) is 8.65. The lowest BCUT2D eigenvalue weighted by atomic mass is 9.92. The minimum Gasteiger partial charge on any atom is -0.481 e. The van der Waals surface area contributed by atoms with Crippen LogP contribution in [0.25, 0.3) is 0 Å². The molecule has 0 radical (unpaired) electrons. The Balaban J connectivity index is 1.34. The van der Waals surface area contributed by atoms with E-state index in [2.05, 4.69) is 4.90 Å². The van der Waals surface area contributed by atoms with E-state index < -0.39 is 5.97 Å². The fraction of sp³-hybridized carbons (Fsp3) is 0.882. The Morgan fingerprint density at radius 2 is 1.81 bits per heavy atom. The van der Waals surface area contributed by atoms with Gasteiger partial charge in [0.05, 0.1) is 0 Å². The zero-order valence-electron chi connectivity index (χ0n) is 12.5. The molecule has 4 aliphatic rings. The van der Waals surface area contributed by atoms with E-state index in [4.69, 9.17) is 5.11 Å². The maximum Gasteiger partial charge on any atom is 0.303 e. The van der Waals surface area contributed by atoms with Gasteiger partial charge >= 0.3 is 5.97 Å². The van der Waals surface area contributed by atoms with Crippen LogP contribution in [0.15, 0.2) is 0 Å². The van der Waals surface area contributed by atoms with E-state index in [0.717, 1.165) is 56.0 Å². The van der Waals surface area contributed by atoms with Crippen LogP contribution in [-0.4, -0.2) is 35.0 Å². The summed E-state index contributed by atoms with van der Waals surface area (Å²) in [5.41, 5.74) is 0. The third-order valence-corrected chi connectivity index (χ3v) is 6.62. The normalized spacial score (nSPS) is 43.7. The molecule has 21 heavy (non-hydrogen) atoms. The number of carbonyl (C=O) groups excluding carboxylic acids is 1. The summed E-state index contributed by atoms with van der Waals surface area (Å²) in [5.74, 6) is 3.56. The van der Waals surface area contributed by atoms with Crippen LogP contribution in [0.1, 0.15) is 44.9 Å². The number of hydrogen-bond donors (Lipinski definition) is 1. The van der Waals surface area contributed by atoms with E-state index in [1.165, 1.54) is 19.3 Å². The average Bonchev–Trinajstić information content (AvgIpc) is 2.91. The third kappa shape index (κ3) is 2.27. The lowest BCUT2D eigenvalue weighted by Gasteiger charge is -2.33. The molecular weight excluding hydrogens is 266 g/mol. The van der Waals surface area contributed by atoms with E-state index in [1.54, 1.807) is 0 Å². The zero-order valence-corrected chi connectivity index (χ0v) is 12.5. The van der Waals surface area contributed by atoms with Gasteiger partial charge in [0.2, 0.25) is 5.91 Å². The Bertz CT molecular complexity index is 447. The van der Waals surface area contributed by atoms with E-state index in [1.807, 2.05) is 0 Å². The first kappa shape index (κ1) is 13.6. The highest BCUT2D eigenvalue weighted by molar-refractivity contribution is 5.83. The van der Waals surface area contributed by atoms with Gasteiger partial charge in [-0.15, -0.1) is 0 Å². The Morgan fingerprint density at radius 3 is 2.48 bits per heavy atom. The number of nitrogens with zero attached hydrogens (tertiary/aromatic N) is 1. The second kappa shape index (κ2) is 4.99. The molecule has 1 saturated heterocycles. The van der Waals surface area contributed by atoms with Crippen molar-refractivity contribution in [3.8, 4) is 0 Å². The monoisotopic (exact) mass is 291 g/mol. The van der Waals surface area contributed by atoms with Crippen LogP contribution in [-0.2, 0) is 9.59 Å². The zero-order chi connectivity index (χ0) is 14.6. The number of aliphatic carboxylic acids is 1. The van der Waals surface area contributed by atoms with Crippen molar-refractivity contribution >= 4 is 11.9 Å². The van der Waals surface area contributed by atoms with Gasteiger partial charge < -0.3 is 10.0 Å². The van der Waals surface area contributed by atoms with Crippen molar-refractivity contribution in [2.45, 2.75) is 44.9 Å². The van der Waals surface area contributed by atoms with Gasteiger partial charge in [0, 0.05) is 25.4 Å². The predicted molar refractivity (Wildman–Crippen MR) is 77.5 cm³/mol. The number of carbonyl (C=O) groups is 2. The minimum atomic E-state index is -0.716. The van der Waals surface area contributed by atoms with Gasteiger partial charge in [-0.1, -0.05) is 0 Å². The Kier molecular flexibility index (Phi) is 3.23. The Labute approximate surface area is 125 Å². The highest BCUT2D eigenvalue weighted by Gasteiger charge is 2.68. The fourth-order valence-electron chi connectivity index (χ4n) is 5.69. The molecule has 3 aliphatic carbocycles. The van der Waals surface area contributed by atoms with Crippen molar-refractivity contribution in [3.63, 3.8) is 0 Å². The summed E-state index contributed by atoms with van der Waals surface area (Å²) in [7, 11) is 0. The van der Waals surface area contributed by atoms with Gasteiger partial charge in [-0.05, 0) is 68.1 Å². The molecule has 6 atom stereocenters. The van der Waals surface area contributed by atoms with E-state index in [0.29, 0.717) is 17.7 Å². The summed E-state index contributed by atoms with van der Waals surface area (Å²) in [4.78, 5) is 25.6. The van der Waals surface area contributed by atoms with Crippen molar-refractivity contribution in [2.24, 2.45) is 35.5 Å². The van der Waals surface area contributed by atoms with Crippen LogP contribution >= 0.6 is 0 Å². The Hall–Kier alpha value is -1.06. The molecule has 116 valence electrons. The number of fused-ring (bicyclic) bond motifs is 5. The molecule has 0 aromatic carbocycles. The third-order valence-electron chi connectivity index (χ3n) is 6.62. The van der Waals surface area contributed by atoms with Gasteiger partial charge in [0.1, 0.15) is 0 Å². The van der Waals surface area contributed by atoms with Crippen molar-refractivity contribution < 1.29 is 14.7 Å². The maximum atomic E-state index is 12.8. The van der Waals surface area contributed by atoms with Crippen molar-refractivity contribution in [3.05, 3.63) is 0 Å². The Morgan fingerprint density at radius 1 is 1.10 bits per heavy atom. The molecule has 1 amide bonds. The summed E-state index contributed by atoms with van der Waals surface area (Å²) >= 11 is 0. The van der Waals surface area contributed by atoms with E-state index in [9.17, 15) is 9.59 Å². The molecule has 2 bridgehead atoms. The SMILES string of the molecule is O=C(O)CC[C@H]1CCCN(C(=O)C2[C@@H]3[C@H]4CC[C@@H](C4)[C@H]23)C1. The molecule has 0 aromatic rings. The molecule has 4 rings (SSSR count).